The third kappa shape index (κ3) is 4.64. The highest BCUT2D eigenvalue weighted by Crippen LogP contribution is 2.18. The highest BCUT2D eigenvalue weighted by atomic mass is 16.4. The zero-order chi connectivity index (χ0) is 15.1. The summed E-state index contributed by atoms with van der Waals surface area (Å²) in [5.41, 5.74) is 1.33. The zero-order valence-corrected chi connectivity index (χ0v) is 13.1. The fourth-order valence-corrected chi connectivity index (χ4v) is 2.70. The molecule has 0 amide bonds. The smallest absolute Gasteiger partial charge is 0.336 e. The highest BCUT2D eigenvalue weighted by Gasteiger charge is 2.19. The fraction of sp³-hybridized carbons (Fsp3) is 0.588. The number of hydrogen-bond donors (Lipinski definition) is 1. The summed E-state index contributed by atoms with van der Waals surface area (Å²) in [5.74, 6) is -0.262. The van der Waals surface area contributed by atoms with Crippen molar-refractivity contribution in [1.29, 1.82) is 0 Å². The van der Waals surface area contributed by atoms with Crippen LogP contribution in [-0.4, -0.2) is 28.6 Å². The Labute approximate surface area is 122 Å². The first-order valence-corrected chi connectivity index (χ1v) is 7.54. The minimum Gasteiger partial charge on any atom is -0.478 e. The molecule has 1 N–H and O–H groups in total. The number of hydrogen-bond acceptors (Lipinski definition) is 2. The molecule has 0 unspecified atom stereocenters. The van der Waals surface area contributed by atoms with Crippen molar-refractivity contribution in [3.8, 4) is 0 Å². The van der Waals surface area contributed by atoms with E-state index in [0.717, 1.165) is 24.9 Å². The quantitative estimate of drug-likeness (QED) is 0.780. The number of carboxylic acids is 1. The lowest BCUT2D eigenvalue weighted by Gasteiger charge is -2.32. The molecule has 0 spiro atoms. The van der Waals surface area contributed by atoms with Crippen LogP contribution in [0.25, 0.3) is 0 Å². The second kappa shape index (κ2) is 8.05. The van der Waals surface area contributed by atoms with Crippen molar-refractivity contribution in [3.05, 3.63) is 35.4 Å². The summed E-state index contributed by atoms with van der Waals surface area (Å²) in [6.45, 7) is 10.5. The molecule has 0 atom stereocenters. The van der Waals surface area contributed by atoms with Gasteiger partial charge in [0.1, 0.15) is 0 Å². The lowest BCUT2D eigenvalue weighted by molar-refractivity contribution is 0.0693. The van der Waals surface area contributed by atoms with Crippen LogP contribution in [0.1, 0.15) is 56.5 Å². The van der Waals surface area contributed by atoms with Gasteiger partial charge < -0.3 is 5.11 Å². The van der Waals surface area contributed by atoms with Crippen molar-refractivity contribution in [1.82, 2.24) is 4.90 Å². The summed E-state index contributed by atoms with van der Waals surface area (Å²) in [4.78, 5) is 13.7. The summed E-state index contributed by atoms with van der Waals surface area (Å²) >= 11 is 0. The molecule has 20 heavy (non-hydrogen) atoms. The van der Waals surface area contributed by atoms with Crippen LogP contribution in [0.15, 0.2) is 24.3 Å². The van der Waals surface area contributed by atoms with Crippen molar-refractivity contribution < 1.29 is 9.90 Å². The van der Waals surface area contributed by atoms with Gasteiger partial charge in [0.25, 0.3) is 0 Å². The molecule has 3 nitrogen and oxygen atoms in total. The van der Waals surface area contributed by atoms with E-state index in [1.54, 1.807) is 12.1 Å². The van der Waals surface area contributed by atoms with E-state index in [-0.39, 0.29) is 0 Å². The maximum absolute atomic E-state index is 11.3. The first-order chi connectivity index (χ1) is 9.49. The fourth-order valence-electron chi connectivity index (χ4n) is 2.70. The van der Waals surface area contributed by atoms with E-state index in [1.807, 2.05) is 12.1 Å². The normalized spacial score (nSPS) is 11.6. The number of carboxylic acid groups (broad SMARTS) is 1. The summed E-state index contributed by atoms with van der Waals surface area (Å²) in [5, 5.41) is 9.29. The van der Waals surface area contributed by atoms with Crippen LogP contribution in [0, 0.1) is 5.92 Å². The molecule has 0 heterocycles. The van der Waals surface area contributed by atoms with Crippen molar-refractivity contribution in [2.24, 2.45) is 5.92 Å². The lowest BCUT2D eigenvalue weighted by atomic mass is 10.0. The van der Waals surface area contributed by atoms with Crippen LogP contribution in [0.5, 0.6) is 0 Å². The Kier molecular flexibility index (Phi) is 6.73. The number of nitrogens with zero attached hydrogens (tertiary/aromatic N) is 1. The van der Waals surface area contributed by atoms with Crippen LogP contribution in [0.2, 0.25) is 0 Å². The molecule has 0 aromatic heterocycles. The van der Waals surface area contributed by atoms with Gasteiger partial charge in [-0.2, -0.15) is 0 Å². The maximum atomic E-state index is 11.3. The van der Waals surface area contributed by atoms with Gasteiger partial charge in [-0.15, -0.1) is 0 Å². The van der Waals surface area contributed by atoms with E-state index in [1.165, 1.54) is 0 Å². The summed E-state index contributed by atoms with van der Waals surface area (Å²) < 4.78 is 0. The van der Waals surface area contributed by atoms with Gasteiger partial charge in [-0.05, 0) is 30.4 Å². The number of benzene rings is 1. The molecule has 0 bridgehead atoms. The first kappa shape index (κ1) is 16.7. The van der Waals surface area contributed by atoms with E-state index < -0.39 is 5.97 Å². The van der Waals surface area contributed by atoms with Crippen LogP contribution in [-0.2, 0) is 6.54 Å². The second-order valence-electron chi connectivity index (χ2n) is 5.76. The van der Waals surface area contributed by atoms with Gasteiger partial charge >= 0.3 is 5.97 Å². The van der Waals surface area contributed by atoms with Crippen LogP contribution < -0.4 is 0 Å². The molecule has 0 saturated heterocycles. The molecule has 0 fully saturated rings. The van der Waals surface area contributed by atoms with Gasteiger partial charge in [-0.3, -0.25) is 4.90 Å². The SMILES string of the molecule is CCC(CC)N(Cc1ccccc1C(=O)O)CC(C)C. The van der Waals surface area contributed by atoms with Gasteiger partial charge in [0, 0.05) is 19.1 Å². The Bertz CT molecular complexity index is 425. The number of aromatic carboxylic acids is 1. The molecule has 0 aliphatic rings. The monoisotopic (exact) mass is 277 g/mol. The summed E-state index contributed by atoms with van der Waals surface area (Å²) in [6, 6.07) is 7.84. The Balaban J connectivity index is 2.97. The molecule has 3 heteroatoms. The summed E-state index contributed by atoms with van der Waals surface area (Å²) in [7, 11) is 0. The molecular weight excluding hydrogens is 250 g/mol. The number of rotatable bonds is 8. The van der Waals surface area contributed by atoms with E-state index in [2.05, 4.69) is 32.6 Å². The van der Waals surface area contributed by atoms with Crippen molar-refractivity contribution in [2.45, 2.75) is 53.1 Å². The minimum absolute atomic E-state index is 0.423. The van der Waals surface area contributed by atoms with Crippen LogP contribution in [0.3, 0.4) is 0 Å². The second-order valence-corrected chi connectivity index (χ2v) is 5.76. The van der Waals surface area contributed by atoms with Gasteiger partial charge in [0.05, 0.1) is 5.56 Å². The molecule has 0 aliphatic carbocycles. The predicted molar refractivity (Wildman–Crippen MR) is 83.0 cm³/mol. The Morgan fingerprint density at radius 3 is 2.30 bits per heavy atom. The zero-order valence-electron chi connectivity index (χ0n) is 13.1. The molecular formula is C17H27NO2. The lowest BCUT2D eigenvalue weighted by Crippen LogP contribution is -2.37. The summed E-state index contributed by atoms with van der Waals surface area (Å²) in [6.07, 6.45) is 2.19. The maximum Gasteiger partial charge on any atom is 0.336 e. The minimum atomic E-state index is -0.838. The largest absolute Gasteiger partial charge is 0.478 e. The van der Waals surface area contributed by atoms with Gasteiger partial charge in [-0.1, -0.05) is 45.9 Å². The van der Waals surface area contributed by atoms with E-state index in [9.17, 15) is 9.90 Å². The average molecular weight is 277 g/mol. The average Bonchev–Trinajstić information content (AvgIpc) is 2.39. The third-order valence-corrected chi connectivity index (χ3v) is 3.68. The Morgan fingerprint density at radius 2 is 1.80 bits per heavy atom. The standard InChI is InChI=1S/C17H27NO2/c1-5-15(6-2)18(11-13(3)4)12-14-9-7-8-10-16(14)17(19)20/h7-10,13,15H,5-6,11-12H2,1-4H3,(H,19,20). The van der Waals surface area contributed by atoms with Crippen LogP contribution >= 0.6 is 0 Å². The molecule has 112 valence electrons. The van der Waals surface area contributed by atoms with Crippen molar-refractivity contribution in [3.63, 3.8) is 0 Å². The number of carbonyl (C=O) groups is 1. The van der Waals surface area contributed by atoms with Crippen molar-refractivity contribution >= 4 is 5.97 Å². The van der Waals surface area contributed by atoms with Gasteiger partial charge in [0.2, 0.25) is 0 Å². The first-order valence-electron chi connectivity index (χ1n) is 7.54. The molecule has 1 aromatic carbocycles. The van der Waals surface area contributed by atoms with E-state index in [4.69, 9.17) is 0 Å². The molecule has 0 aliphatic heterocycles. The topological polar surface area (TPSA) is 40.5 Å². The molecule has 1 rings (SSSR count). The molecule has 0 radical (unpaired) electrons. The Morgan fingerprint density at radius 1 is 1.20 bits per heavy atom. The van der Waals surface area contributed by atoms with Crippen LogP contribution in [0.4, 0.5) is 0 Å². The van der Waals surface area contributed by atoms with Crippen molar-refractivity contribution in [2.75, 3.05) is 6.54 Å². The van der Waals surface area contributed by atoms with Gasteiger partial charge in [-0.25, -0.2) is 4.79 Å². The van der Waals surface area contributed by atoms with E-state index >= 15 is 0 Å². The molecule has 1 aromatic rings. The third-order valence-electron chi connectivity index (χ3n) is 3.68. The van der Waals surface area contributed by atoms with Gasteiger partial charge in [0.15, 0.2) is 0 Å². The highest BCUT2D eigenvalue weighted by molar-refractivity contribution is 5.89. The Hall–Kier alpha value is -1.35. The predicted octanol–water partition coefficient (Wildman–Crippen LogP) is 4.03. The van der Waals surface area contributed by atoms with E-state index in [0.29, 0.717) is 24.1 Å². The molecule has 0 saturated carbocycles.